The molecule has 10 heavy (non-hydrogen) atoms. The average molecular weight is 141 g/mol. The van der Waals surface area contributed by atoms with Crippen LogP contribution in [0.15, 0.2) is 12.4 Å². The zero-order chi connectivity index (χ0) is 7.40. The number of H-pyrrole nitrogens is 1. The SMILES string of the molecule is NCC[C@H](O)c1ncc[nH]1. The van der Waals surface area contributed by atoms with Gasteiger partial charge in [0.25, 0.3) is 0 Å². The van der Waals surface area contributed by atoms with E-state index in [0.29, 0.717) is 18.8 Å². The van der Waals surface area contributed by atoms with Gasteiger partial charge in [-0.25, -0.2) is 4.98 Å². The van der Waals surface area contributed by atoms with Crippen LogP contribution in [0, 0.1) is 0 Å². The summed E-state index contributed by atoms with van der Waals surface area (Å²) in [4.78, 5) is 6.68. The van der Waals surface area contributed by atoms with E-state index < -0.39 is 6.10 Å². The molecule has 0 saturated heterocycles. The summed E-state index contributed by atoms with van der Waals surface area (Å²) in [6, 6.07) is 0. The largest absolute Gasteiger partial charge is 0.385 e. The number of aliphatic hydroxyl groups excluding tert-OH is 1. The first-order valence-corrected chi connectivity index (χ1v) is 3.22. The molecular formula is C6H11N3O. The Labute approximate surface area is 59.1 Å². The highest BCUT2D eigenvalue weighted by molar-refractivity contribution is 4.91. The lowest BCUT2D eigenvalue weighted by atomic mass is 10.2. The topological polar surface area (TPSA) is 74.9 Å². The second kappa shape index (κ2) is 3.34. The molecule has 0 aromatic carbocycles. The third kappa shape index (κ3) is 1.55. The highest BCUT2D eigenvalue weighted by atomic mass is 16.3. The number of aliphatic hydroxyl groups is 1. The highest BCUT2D eigenvalue weighted by Gasteiger charge is 2.06. The van der Waals surface area contributed by atoms with Crippen LogP contribution in [0.5, 0.6) is 0 Å². The van der Waals surface area contributed by atoms with Crippen molar-refractivity contribution in [3.8, 4) is 0 Å². The van der Waals surface area contributed by atoms with Crippen LogP contribution in [0.25, 0.3) is 0 Å². The summed E-state index contributed by atoms with van der Waals surface area (Å²) < 4.78 is 0. The molecule has 1 rings (SSSR count). The molecule has 4 heteroatoms. The van der Waals surface area contributed by atoms with Gasteiger partial charge >= 0.3 is 0 Å². The van der Waals surface area contributed by atoms with Crippen LogP contribution in [0.3, 0.4) is 0 Å². The maximum atomic E-state index is 9.24. The van der Waals surface area contributed by atoms with Gasteiger partial charge in [-0.1, -0.05) is 0 Å². The van der Waals surface area contributed by atoms with Gasteiger partial charge in [0.05, 0.1) is 0 Å². The number of nitrogens with two attached hydrogens (primary N) is 1. The van der Waals surface area contributed by atoms with Crippen molar-refractivity contribution in [2.75, 3.05) is 6.54 Å². The fourth-order valence-electron chi connectivity index (χ4n) is 0.754. The molecule has 1 heterocycles. The first-order valence-electron chi connectivity index (χ1n) is 3.22. The number of nitrogens with zero attached hydrogens (tertiary/aromatic N) is 1. The molecule has 0 aliphatic heterocycles. The van der Waals surface area contributed by atoms with E-state index in [1.54, 1.807) is 12.4 Å². The van der Waals surface area contributed by atoms with Crippen molar-refractivity contribution in [2.24, 2.45) is 5.73 Å². The lowest BCUT2D eigenvalue weighted by Crippen LogP contribution is -2.07. The Hall–Kier alpha value is -0.870. The van der Waals surface area contributed by atoms with E-state index >= 15 is 0 Å². The number of rotatable bonds is 3. The Morgan fingerprint density at radius 3 is 3.10 bits per heavy atom. The summed E-state index contributed by atoms with van der Waals surface area (Å²) in [6.07, 6.45) is 3.29. The van der Waals surface area contributed by atoms with Crippen LogP contribution in [0.4, 0.5) is 0 Å². The van der Waals surface area contributed by atoms with E-state index in [4.69, 9.17) is 5.73 Å². The van der Waals surface area contributed by atoms with Crippen molar-refractivity contribution >= 4 is 0 Å². The normalized spacial score (nSPS) is 13.4. The molecule has 0 saturated carbocycles. The molecule has 0 fully saturated rings. The molecule has 0 bridgehead atoms. The fourth-order valence-corrected chi connectivity index (χ4v) is 0.754. The molecule has 56 valence electrons. The second-order valence-electron chi connectivity index (χ2n) is 2.07. The number of nitrogens with one attached hydrogen (secondary N) is 1. The molecule has 4 N–H and O–H groups in total. The summed E-state index contributed by atoms with van der Waals surface area (Å²) in [6.45, 7) is 0.474. The van der Waals surface area contributed by atoms with Crippen molar-refractivity contribution in [3.05, 3.63) is 18.2 Å². The highest BCUT2D eigenvalue weighted by Crippen LogP contribution is 2.08. The summed E-state index contributed by atoms with van der Waals surface area (Å²) in [5.74, 6) is 0.588. The maximum absolute atomic E-state index is 9.24. The Kier molecular flexibility index (Phi) is 2.42. The zero-order valence-electron chi connectivity index (χ0n) is 5.62. The minimum atomic E-state index is -0.542. The van der Waals surface area contributed by atoms with Gasteiger partial charge in [0.1, 0.15) is 11.9 Å². The van der Waals surface area contributed by atoms with Gasteiger partial charge < -0.3 is 15.8 Å². The van der Waals surface area contributed by atoms with E-state index in [2.05, 4.69) is 9.97 Å². The van der Waals surface area contributed by atoms with E-state index in [-0.39, 0.29) is 0 Å². The first kappa shape index (κ1) is 7.24. The van der Waals surface area contributed by atoms with Gasteiger partial charge in [-0.2, -0.15) is 0 Å². The van der Waals surface area contributed by atoms with Gasteiger partial charge in [0, 0.05) is 12.4 Å². The van der Waals surface area contributed by atoms with E-state index in [1.807, 2.05) is 0 Å². The quantitative estimate of drug-likeness (QED) is 0.545. The zero-order valence-corrected chi connectivity index (χ0v) is 5.62. The average Bonchev–Trinajstić information content (AvgIpc) is 2.38. The Morgan fingerprint density at radius 2 is 2.60 bits per heavy atom. The van der Waals surface area contributed by atoms with Gasteiger partial charge in [0.2, 0.25) is 0 Å². The van der Waals surface area contributed by atoms with Gasteiger partial charge in [-0.3, -0.25) is 0 Å². The summed E-state index contributed by atoms with van der Waals surface area (Å²) >= 11 is 0. The van der Waals surface area contributed by atoms with Gasteiger partial charge in [-0.15, -0.1) is 0 Å². The Balaban J connectivity index is 2.50. The molecule has 1 aromatic heterocycles. The summed E-state index contributed by atoms with van der Waals surface area (Å²) in [5.41, 5.74) is 5.23. The Bertz CT molecular complexity index is 173. The van der Waals surface area contributed by atoms with Gasteiger partial charge in [0.15, 0.2) is 0 Å². The predicted octanol–water partition coefficient (Wildman–Crippen LogP) is -0.208. The molecular weight excluding hydrogens is 130 g/mol. The number of aromatic amines is 1. The molecule has 1 atom stereocenters. The van der Waals surface area contributed by atoms with Crippen molar-refractivity contribution in [1.29, 1.82) is 0 Å². The van der Waals surface area contributed by atoms with Crippen molar-refractivity contribution < 1.29 is 5.11 Å². The van der Waals surface area contributed by atoms with Gasteiger partial charge in [-0.05, 0) is 13.0 Å². The maximum Gasteiger partial charge on any atom is 0.135 e. The van der Waals surface area contributed by atoms with Crippen LogP contribution in [-0.2, 0) is 0 Å². The smallest absolute Gasteiger partial charge is 0.135 e. The molecule has 1 aromatic rings. The van der Waals surface area contributed by atoms with Crippen LogP contribution in [-0.4, -0.2) is 21.6 Å². The number of hydrogen-bond donors (Lipinski definition) is 3. The standard InChI is InChI=1S/C6H11N3O/c7-2-1-5(10)6-8-3-4-9-6/h3-5,10H,1-2,7H2,(H,8,9)/t5-/m0/s1. The number of imidazole rings is 1. The Morgan fingerprint density at radius 1 is 1.80 bits per heavy atom. The van der Waals surface area contributed by atoms with Crippen LogP contribution < -0.4 is 5.73 Å². The first-order chi connectivity index (χ1) is 4.84. The van der Waals surface area contributed by atoms with Crippen LogP contribution in [0.1, 0.15) is 18.3 Å². The van der Waals surface area contributed by atoms with Crippen molar-refractivity contribution in [2.45, 2.75) is 12.5 Å². The second-order valence-corrected chi connectivity index (χ2v) is 2.07. The molecule has 0 aliphatic carbocycles. The number of hydrogen-bond acceptors (Lipinski definition) is 3. The fraction of sp³-hybridized carbons (Fsp3) is 0.500. The van der Waals surface area contributed by atoms with E-state index in [1.165, 1.54) is 0 Å². The van der Waals surface area contributed by atoms with E-state index in [0.717, 1.165) is 0 Å². The number of aromatic nitrogens is 2. The molecule has 0 radical (unpaired) electrons. The van der Waals surface area contributed by atoms with E-state index in [9.17, 15) is 5.11 Å². The minimum absolute atomic E-state index is 0.474. The monoisotopic (exact) mass is 141 g/mol. The minimum Gasteiger partial charge on any atom is -0.385 e. The summed E-state index contributed by atoms with van der Waals surface area (Å²) in [5, 5.41) is 9.24. The van der Waals surface area contributed by atoms with Crippen LogP contribution >= 0.6 is 0 Å². The lowest BCUT2D eigenvalue weighted by Gasteiger charge is -2.03. The van der Waals surface area contributed by atoms with Crippen LogP contribution in [0.2, 0.25) is 0 Å². The summed E-state index contributed by atoms with van der Waals surface area (Å²) in [7, 11) is 0. The molecule has 4 nitrogen and oxygen atoms in total. The molecule has 0 amide bonds. The lowest BCUT2D eigenvalue weighted by molar-refractivity contribution is 0.161. The molecule has 0 aliphatic rings. The molecule has 0 unspecified atom stereocenters. The third-order valence-corrected chi connectivity index (χ3v) is 1.28. The van der Waals surface area contributed by atoms with Crippen molar-refractivity contribution in [3.63, 3.8) is 0 Å². The van der Waals surface area contributed by atoms with Crippen molar-refractivity contribution in [1.82, 2.24) is 9.97 Å². The predicted molar refractivity (Wildman–Crippen MR) is 37.2 cm³/mol. The third-order valence-electron chi connectivity index (χ3n) is 1.28. The molecule has 0 spiro atoms.